The Labute approximate surface area is 150 Å². The van der Waals surface area contributed by atoms with Crippen LogP contribution in [0.3, 0.4) is 0 Å². The number of nitro benzene ring substituents is 1. The van der Waals surface area contributed by atoms with Crippen LogP contribution in [0.15, 0.2) is 47.6 Å². The molecular formula is C15H9ClFN5O2S. The fourth-order valence-electron chi connectivity index (χ4n) is 2.09. The second-order valence-corrected chi connectivity index (χ2v) is 5.65. The predicted molar refractivity (Wildman–Crippen MR) is 93.9 cm³/mol. The molecule has 3 rings (SSSR count). The fraction of sp³-hybridized carbons (Fsp3) is 0. The van der Waals surface area contributed by atoms with E-state index in [0.717, 1.165) is 0 Å². The zero-order chi connectivity index (χ0) is 18.0. The molecule has 1 N–H and O–H groups in total. The number of H-pyrrole nitrogens is 1. The van der Waals surface area contributed by atoms with Crippen molar-refractivity contribution in [2.24, 2.45) is 5.10 Å². The molecule has 7 nitrogen and oxygen atoms in total. The predicted octanol–water partition coefficient (Wildman–Crippen LogP) is 4.19. The first-order valence-corrected chi connectivity index (χ1v) is 7.66. The first kappa shape index (κ1) is 16.9. The van der Waals surface area contributed by atoms with Crippen LogP contribution in [0, 0.1) is 20.7 Å². The number of hydrogen-bond donors (Lipinski definition) is 1. The van der Waals surface area contributed by atoms with Crippen molar-refractivity contribution < 1.29 is 9.31 Å². The van der Waals surface area contributed by atoms with Gasteiger partial charge in [0.1, 0.15) is 10.8 Å². The number of rotatable bonds is 4. The zero-order valence-corrected chi connectivity index (χ0v) is 14.0. The van der Waals surface area contributed by atoms with E-state index in [1.165, 1.54) is 29.1 Å². The molecule has 0 saturated carbocycles. The Morgan fingerprint density at radius 2 is 2.12 bits per heavy atom. The summed E-state index contributed by atoms with van der Waals surface area (Å²) in [6, 6.07) is 10.3. The molecule has 0 atom stereocenters. The summed E-state index contributed by atoms with van der Waals surface area (Å²) in [5.74, 6) is -0.294. The fourth-order valence-corrected chi connectivity index (χ4v) is 2.46. The highest BCUT2D eigenvalue weighted by molar-refractivity contribution is 7.71. The Morgan fingerprint density at radius 3 is 2.84 bits per heavy atom. The van der Waals surface area contributed by atoms with Gasteiger partial charge in [-0.15, -0.1) is 0 Å². The Hall–Kier alpha value is -2.91. The Balaban J connectivity index is 2.02. The molecule has 0 bridgehead atoms. The van der Waals surface area contributed by atoms with E-state index < -0.39 is 10.7 Å². The molecule has 0 spiro atoms. The minimum Gasteiger partial charge on any atom is -0.258 e. The van der Waals surface area contributed by atoms with Crippen LogP contribution >= 0.6 is 23.8 Å². The zero-order valence-electron chi connectivity index (χ0n) is 12.4. The molecule has 0 aliphatic carbocycles. The van der Waals surface area contributed by atoms with Crippen molar-refractivity contribution >= 4 is 35.7 Å². The Morgan fingerprint density at radius 1 is 1.36 bits per heavy atom. The van der Waals surface area contributed by atoms with Crippen LogP contribution in [0.1, 0.15) is 5.56 Å². The van der Waals surface area contributed by atoms with Crippen molar-refractivity contribution in [3.05, 3.63) is 73.8 Å². The van der Waals surface area contributed by atoms with Gasteiger partial charge < -0.3 is 0 Å². The lowest BCUT2D eigenvalue weighted by molar-refractivity contribution is -0.384. The molecule has 126 valence electrons. The minimum atomic E-state index is -0.589. The van der Waals surface area contributed by atoms with Gasteiger partial charge in [-0.3, -0.25) is 10.1 Å². The molecule has 0 radical (unpaired) electrons. The van der Waals surface area contributed by atoms with Gasteiger partial charge in [-0.25, -0.2) is 9.49 Å². The normalized spacial score (nSPS) is 11.1. The molecule has 10 heteroatoms. The number of aromatic amines is 1. The van der Waals surface area contributed by atoms with Crippen molar-refractivity contribution in [1.29, 1.82) is 0 Å². The molecule has 0 amide bonds. The highest BCUT2D eigenvalue weighted by atomic mass is 35.5. The van der Waals surface area contributed by atoms with Crippen LogP contribution in [0.5, 0.6) is 0 Å². The summed E-state index contributed by atoms with van der Waals surface area (Å²) in [4.78, 5) is 10.3. The summed E-state index contributed by atoms with van der Waals surface area (Å²) in [6.07, 6.45) is 1.35. The quantitative estimate of drug-likeness (QED) is 0.319. The van der Waals surface area contributed by atoms with Gasteiger partial charge in [0.25, 0.3) is 5.69 Å². The van der Waals surface area contributed by atoms with Crippen LogP contribution in [-0.4, -0.2) is 26.0 Å². The average molecular weight is 378 g/mol. The summed E-state index contributed by atoms with van der Waals surface area (Å²) in [5, 5.41) is 21.6. The first-order chi connectivity index (χ1) is 12.0. The number of benzene rings is 2. The van der Waals surface area contributed by atoms with E-state index in [1.807, 2.05) is 0 Å². The second kappa shape index (κ2) is 6.91. The smallest absolute Gasteiger partial charge is 0.258 e. The number of halogens is 2. The van der Waals surface area contributed by atoms with Gasteiger partial charge >= 0.3 is 0 Å². The van der Waals surface area contributed by atoms with Crippen LogP contribution in [0.4, 0.5) is 10.1 Å². The van der Waals surface area contributed by atoms with E-state index in [1.54, 1.807) is 24.3 Å². The molecule has 0 fully saturated rings. The van der Waals surface area contributed by atoms with Crippen LogP contribution in [0.2, 0.25) is 5.02 Å². The summed E-state index contributed by atoms with van der Waals surface area (Å²) < 4.78 is 15.4. The largest absolute Gasteiger partial charge is 0.288 e. The summed E-state index contributed by atoms with van der Waals surface area (Å²) in [7, 11) is 0. The molecule has 1 aromatic heterocycles. The topological polar surface area (TPSA) is 89.1 Å². The van der Waals surface area contributed by atoms with Gasteiger partial charge in [-0.1, -0.05) is 29.8 Å². The van der Waals surface area contributed by atoms with E-state index in [2.05, 4.69) is 15.3 Å². The molecule has 3 aromatic rings. The van der Waals surface area contributed by atoms with Crippen molar-refractivity contribution in [2.45, 2.75) is 0 Å². The highest BCUT2D eigenvalue weighted by Crippen LogP contribution is 2.25. The van der Waals surface area contributed by atoms with Gasteiger partial charge in [0.2, 0.25) is 4.77 Å². The highest BCUT2D eigenvalue weighted by Gasteiger charge is 2.14. The lowest BCUT2D eigenvalue weighted by Gasteiger charge is -2.02. The average Bonchev–Trinajstić information content (AvgIpc) is 2.95. The maximum Gasteiger partial charge on any atom is 0.288 e. The van der Waals surface area contributed by atoms with Gasteiger partial charge in [0, 0.05) is 11.6 Å². The van der Waals surface area contributed by atoms with Gasteiger partial charge in [-0.05, 0) is 30.4 Å². The summed E-state index contributed by atoms with van der Waals surface area (Å²) in [5.41, 5.74) is 0.406. The molecule has 1 heterocycles. The molecule has 2 aromatic carbocycles. The maximum atomic E-state index is 14.0. The third kappa shape index (κ3) is 3.47. The maximum absolute atomic E-state index is 14.0. The summed E-state index contributed by atoms with van der Waals surface area (Å²) >= 11 is 10.9. The minimum absolute atomic E-state index is 0.0223. The van der Waals surface area contributed by atoms with Crippen molar-refractivity contribution in [3.8, 4) is 11.4 Å². The third-order valence-corrected chi connectivity index (χ3v) is 3.84. The molecule has 25 heavy (non-hydrogen) atoms. The van der Waals surface area contributed by atoms with E-state index in [4.69, 9.17) is 23.8 Å². The van der Waals surface area contributed by atoms with Crippen molar-refractivity contribution in [1.82, 2.24) is 14.9 Å². The van der Waals surface area contributed by atoms with Crippen LogP contribution < -0.4 is 0 Å². The molecule has 0 saturated heterocycles. The molecule has 0 aliphatic rings. The van der Waals surface area contributed by atoms with Crippen LogP contribution in [0.25, 0.3) is 11.4 Å². The molecule has 0 unspecified atom stereocenters. The van der Waals surface area contributed by atoms with Gasteiger partial charge in [0.15, 0.2) is 5.82 Å². The Bertz CT molecular complexity index is 1050. The number of hydrogen-bond acceptors (Lipinski definition) is 5. The monoisotopic (exact) mass is 377 g/mol. The van der Waals surface area contributed by atoms with E-state index in [-0.39, 0.29) is 26.9 Å². The number of nitro groups is 1. The number of aromatic nitrogens is 3. The summed E-state index contributed by atoms with van der Waals surface area (Å²) in [6.45, 7) is 0. The van der Waals surface area contributed by atoms with Crippen LogP contribution in [-0.2, 0) is 0 Å². The third-order valence-electron chi connectivity index (χ3n) is 3.25. The SMILES string of the molecule is O=[N+]([O-])c1cc(/C=N/n2c(-c3ccccc3F)n[nH]c2=S)ccc1Cl. The van der Waals surface area contributed by atoms with Gasteiger partial charge in [-0.2, -0.15) is 14.9 Å². The van der Waals surface area contributed by atoms with Gasteiger partial charge in [0.05, 0.1) is 16.7 Å². The molecule has 0 aliphatic heterocycles. The lowest BCUT2D eigenvalue weighted by atomic mass is 10.2. The standard InChI is InChI=1S/C15H9ClFN5O2S/c16-11-6-5-9(7-13(11)22(23)24)8-18-21-14(19-20-15(21)25)10-3-1-2-4-12(10)17/h1-8H,(H,20,25)/b18-8+. The Kier molecular flexibility index (Phi) is 4.68. The van der Waals surface area contributed by atoms with Crippen molar-refractivity contribution in [2.75, 3.05) is 0 Å². The van der Waals surface area contributed by atoms with E-state index in [9.17, 15) is 14.5 Å². The second-order valence-electron chi connectivity index (χ2n) is 4.86. The van der Waals surface area contributed by atoms with E-state index >= 15 is 0 Å². The van der Waals surface area contributed by atoms with E-state index in [0.29, 0.717) is 5.56 Å². The number of nitrogens with zero attached hydrogens (tertiary/aromatic N) is 4. The molecular weight excluding hydrogens is 369 g/mol. The van der Waals surface area contributed by atoms with Crippen molar-refractivity contribution in [3.63, 3.8) is 0 Å². The number of nitrogens with one attached hydrogen (secondary N) is 1. The first-order valence-electron chi connectivity index (χ1n) is 6.88. The lowest BCUT2D eigenvalue weighted by Crippen LogP contribution is -1.97.